The maximum absolute atomic E-state index is 12.1. The van der Waals surface area contributed by atoms with Crippen LogP contribution in [0.1, 0.15) is 33.1 Å². The van der Waals surface area contributed by atoms with Gasteiger partial charge in [-0.15, -0.1) is 0 Å². The average Bonchev–Trinajstić information content (AvgIpc) is 2.63. The van der Waals surface area contributed by atoms with E-state index in [4.69, 9.17) is 16.6 Å². The van der Waals surface area contributed by atoms with Gasteiger partial charge < -0.3 is 32.5 Å². The van der Waals surface area contributed by atoms with Crippen molar-refractivity contribution in [3.05, 3.63) is 0 Å². The van der Waals surface area contributed by atoms with Gasteiger partial charge in [0.05, 0.1) is 25.7 Å². The first-order valence-corrected chi connectivity index (χ1v) is 8.65. The summed E-state index contributed by atoms with van der Waals surface area (Å²) in [4.78, 5) is 50.5. The van der Waals surface area contributed by atoms with E-state index in [0.717, 1.165) is 0 Å². The van der Waals surface area contributed by atoms with Gasteiger partial charge in [0.25, 0.3) is 0 Å². The first-order valence-electron chi connectivity index (χ1n) is 8.65. The van der Waals surface area contributed by atoms with Crippen LogP contribution < -0.4 is 32.7 Å². The monoisotopic (exact) mass is 387 g/mol. The van der Waals surface area contributed by atoms with Crippen molar-refractivity contribution in [3.63, 3.8) is 0 Å². The second-order valence-corrected chi connectivity index (χ2v) is 5.36. The molecule has 3 amide bonds. The second kappa shape index (κ2) is 13.3. The van der Waals surface area contributed by atoms with Crippen molar-refractivity contribution >= 4 is 29.7 Å². The predicted octanol–water partition coefficient (Wildman–Crippen LogP) is -2.81. The molecule has 0 aromatic rings. The Hall–Kier alpha value is -2.89. The summed E-state index contributed by atoms with van der Waals surface area (Å²) in [6.45, 7) is 3.90. The smallest absolute Gasteiger partial charge is 0.305 e. The van der Waals surface area contributed by atoms with Crippen LogP contribution in [0.2, 0.25) is 0 Å². The van der Waals surface area contributed by atoms with Crippen LogP contribution in [0.5, 0.6) is 0 Å². The largest absolute Gasteiger partial charge is 0.481 e. The second-order valence-electron chi connectivity index (χ2n) is 5.36. The number of nitrogens with two attached hydrogens (primary N) is 2. The molecular weight excluding hydrogens is 358 g/mol. The number of guanidine groups is 1. The minimum Gasteiger partial charge on any atom is -0.481 e. The van der Waals surface area contributed by atoms with Gasteiger partial charge >= 0.3 is 5.97 Å². The van der Waals surface area contributed by atoms with E-state index < -0.39 is 42.2 Å². The topological polar surface area (TPSA) is 201 Å². The molecule has 0 saturated carbocycles. The van der Waals surface area contributed by atoms with Crippen molar-refractivity contribution in [1.82, 2.24) is 21.3 Å². The zero-order chi connectivity index (χ0) is 20.8. The SMILES string of the molecule is CC.NC(N)=NCCC[C@@H]1NCNC(=O)[C@H](CC(=O)O)NC(=O)CNC1=O. The molecular formula is C15H29N7O5. The first-order chi connectivity index (χ1) is 12.8. The highest BCUT2D eigenvalue weighted by molar-refractivity contribution is 5.93. The van der Waals surface area contributed by atoms with E-state index in [2.05, 4.69) is 26.3 Å². The third-order valence-electron chi connectivity index (χ3n) is 3.33. The van der Waals surface area contributed by atoms with Crippen molar-refractivity contribution in [2.24, 2.45) is 16.5 Å². The molecule has 2 atom stereocenters. The Morgan fingerprint density at radius 1 is 1.15 bits per heavy atom. The number of carbonyl (C=O) groups is 4. The molecule has 0 aromatic heterocycles. The summed E-state index contributed by atoms with van der Waals surface area (Å²) in [5.74, 6) is -3.02. The fourth-order valence-electron chi connectivity index (χ4n) is 2.13. The Labute approximate surface area is 157 Å². The van der Waals surface area contributed by atoms with Crippen molar-refractivity contribution in [1.29, 1.82) is 0 Å². The number of aliphatic carboxylic acids is 1. The highest BCUT2D eigenvalue weighted by Crippen LogP contribution is 2.00. The molecule has 0 aliphatic carbocycles. The molecule has 12 heteroatoms. The van der Waals surface area contributed by atoms with Gasteiger partial charge in [0.15, 0.2) is 5.96 Å². The summed E-state index contributed by atoms with van der Waals surface area (Å²) in [7, 11) is 0. The maximum atomic E-state index is 12.1. The number of hydrogen-bond acceptors (Lipinski definition) is 6. The third-order valence-corrected chi connectivity index (χ3v) is 3.33. The van der Waals surface area contributed by atoms with Gasteiger partial charge in [-0.25, -0.2) is 0 Å². The van der Waals surface area contributed by atoms with Crippen LogP contribution in [0, 0.1) is 0 Å². The number of nitrogens with zero attached hydrogens (tertiary/aromatic N) is 1. The Bertz CT molecular complexity index is 549. The average molecular weight is 387 g/mol. The predicted molar refractivity (Wildman–Crippen MR) is 98.4 cm³/mol. The molecule has 0 unspecified atom stereocenters. The molecule has 1 aliphatic rings. The lowest BCUT2D eigenvalue weighted by Gasteiger charge is -2.18. The molecule has 1 aliphatic heterocycles. The molecule has 1 rings (SSSR count). The Morgan fingerprint density at radius 2 is 1.78 bits per heavy atom. The molecule has 1 saturated heterocycles. The van der Waals surface area contributed by atoms with Crippen LogP contribution in [0.25, 0.3) is 0 Å². The molecule has 27 heavy (non-hydrogen) atoms. The maximum Gasteiger partial charge on any atom is 0.305 e. The normalized spacial score (nSPS) is 20.6. The van der Waals surface area contributed by atoms with Crippen LogP contribution in [0.4, 0.5) is 0 Å². The van der Waals surface area contributed by atoms with Crippen molar-refractivity contribution < 1.29 is 24.3 Å². The summed E-state index contributed by atoms with van der Waals surface area (Å²) in [5, 5.41) is 18.8. The van der Waals surface area contributed by atoms with Gasteiger partial charge in [-0.05, 0) is 12.8 Å². The van der Waals surface area contributed by atoms with Gasteiger partial charge in [0.2, 0.25) is 17.7 Å². The van der Waals surface area contributed by atoms with Crippen LogP contribution in [-0.4, -0.2) is 66.6 Å². The quantitative estimate of drug-likeness (QED) is 0.144. The number of carboxylic acids is 1. The van der Waals surface area contributed by atoms with Gasteiger partial charge in [-0.3, -0.25) is 29.5 Å². The summed E-state index contributed by atoms with van der Waals surface area (Å²) in [6, 6.07) is -1.89. The zero-order valence-corrected chi connectivity index (χ0v) is 15.6. The number of rotatable bonds is 6. The van der Waals surface area contributed by atoms with Gasteiger partial charge in [0, 0.05) is 6.54 Å². The standard InChI is InChI=1S/C13H23N7O5.C2H6/c14-13(15)16-3-1-2-7-11(24)17-5-9(21)20-8(4-10(22)23)12(25)19-6-18-7;1-2/h7-8,18H,1-6H2,(H,17,24)(H,19,25)(H,20,21)(H,22,23)(H4,14,15,16);1-2H3/t7-,8-;/m0./s1. The van der Waals surface area contributed by atoms with Gasteiger partial charge in [-0.2, -0.15) is 0 Å². The number of carbonyl (C=O) groups excluding carboxylic acids is 3. The summed E-state index contributed by atoms with van der Waals surface area (Å²) in [6.07, 6.45) is 0.316. The molecule has 0 spiro atoms. The summed E-state index contributed by atoms with van der Waals surface area (Å²) >= 11 is 0. The van der Waals surface area contributed by atoms with E-state index in [0.29, 0.717) is 19.4 Å². The minimum absolute atomic E-state index is 0.0479. The van der Waals surface area contributed by atoms with E-state index in [-0.39, 0.29) is 19.2 Å². The summed E-state index contributed by atoms with van der Waals surface area (Å²) < 4.78 is 0. The summed E-state index contributed by atoms with van der Waals surface area (Å²) in [5.41, 5.74) is 10.4. The minimum atomic E-state index is -1.23. The number of hydrogen-bond donors (Lipinski definition) is 7. The van der Waals surface area contributed by atoms with E-state index in [9.17, 15) is 19.2 Å². The fraction of sp³-hybridized carbons (Fsp3) is 0.667. The molecule has 12 nitrogen and oxygen atoms in total. The number of nitrogens with one attached hydrogen (secondary N) is 4. The first kappa shape index (κ1) is 24.1. The molecule has 1 heterocycles. The number of aliphatic imine (C=N–C) groups is 1. The fourth-order valence-corrected chi connectivity index (χ4v) is 2.13. The third kappa shape index (κ3) is 10.6. The Balaban J connectivity index is 0.00000326. The molecule has 0 radical (unpaired) electrons. The van der Waals surface area contributed by atoms with E-state index in [1.165, 1.54) is 0 Å². The lowest BCUT2D eigenvalue weighted by molar-refractivity contribution is -0.140. The number of carboxylic acid groups (broad SMARTS) is 1. The van der Waals surface area contributed by atoms with Crippen molar-refractivity contribution in [2.45, 2.75) is 45.2 Å². The highest BCUT2D eigenvalue weighted by atomic mass is 16.4. The van der Waals surface area contributed by atoms with E-state index in [1.54, 1.807) is 0 Å². The van der Waals surface area contributed by atoms with Gasteiger partial charge in [0.1, 0.15) is 6.04 Å². The number of amides is 3. The Kier molecular flexibility index (Phi) is 11.9. The van der Waals surface area contributed by atoms with Crippen molar-refractivity contribution in [3.8, 4) is 0 Å². The Morgan fingerprint density at radius 3 is 2.37 bits per heavy atom. The van der Waals surface area contributed by atoms with Gasteiger partial charge in [-0.1, -0.05) is 13.8 Å². The highest BCUT2D eigenvalue weighted by Gasteiger charge is 2.26. The zero-order valence-electron chi connectivity index (χ0n) is 15.6. The molecule has 154 valence electrons. The molecule has 0 bridgehead atoms. The molecule has 0 aromatic carbocycles. The lowest BCUT2D eigenvalue weighted by atomic mass is 10.1. The van der Waals surface area contributed by atoms with Crippen LogP contribution in [0.15, 0.2) is 4.99 Å². The molecule has 1 fully saturated rings. The van der Waals surface area contributed by atoms with Crippen molar-refractivity contribution in [2.75, 3.05) is 19.8 Å². The van der Waals surface area contributed by atoms with Crippen LogP contribution >= 0.6 is 0 Å². The lowest BCUT2D eigenvalue weighted by Crippen LogP contribution is -2.50. The molecule has 9 N–H and O–H groups in total. The van der Waals surface area contributed by atoms with Crippen LogP contribution in [-0.2, 0) is 19.2 Å². The van der Waals surface area contributed by atoms with E-state index >= 15 is 0 Å². The van der Waals surface area contributed by atoms with E-state index in [1.807, 2.05) is 13.8 Å². The van der Waals surface area contributed by atoms with Crippen LogP contribution in [0.3, 0.4) is 0 Å².